The molecule has 0 aliphatic carbocycles. The van der Waals surface area contributed by atoms with Crippen LogP contribution in [0, 0.1) is 0 Å². The first-order valence-corrected chi connectivity index (χ1v) is 10.7. The van der Waals surface area contributed by atoms with Gasteiger partial charge in [0.05, 0.1) is 11.5 Å². The van der Waals surface area contributed by atoms with Gasteiger partial charge < -0.3 is 15.4 Å². The first kappa shape index (κ1) is 20.8. The molecular formula is C20H26N2O4S. The van der Waals surface area contributed by atoms with Crippen LogP contribution in [0.2, 0.25) is 0 Å². The third-order valence-electron chi connectivity index (χ3n) is 4.25. The van der Waals surface area contributed by atoms with E-state index >= 15 is 0 Å². The van der Waals surface area contributed by atoms with E-state index in [9.17, 15) is 13.2 Å². The molecule has 0 saturated heterocycles. The number of carbonyl (C=O) groups is 1. The monoisotopic (exact) mass is 390 g/mol. The van der Waals surface area contributed by atoms with Gasteiger partial charge in [0.15, 0.2) is 9.84 Å². The number of amides is 1. The number of anilines is 1. The number of nitrogens with zero attached hydrogens (tertiary/aromatic N) is 1. The predicted octanol–water partition coefficient (Wildman–Crippen LogP) is 2.53. The average molecular weight is 391 g/mol. The Hall–Kier alpha value is -2.54. The summed E-state index contributed by atoms with van der Waals surface area (Å²) in [5.41, 5.74) is 7.59. The van der Waals surface area contributed by atoms with Gasteiger partial charge in [-0.05, 0) is 48.7 Å². The van der Waals surface area contributed by atoms with Crippen LogP contribution < -0.4 is 10.5 Å². The second-order valence-electron chi connectivity index (χ2n) is 6.46. The zero-order valence-corrected chi connectivity index (χ0v) is 16.5. The Morgan fingerprint density at radius 2 is 1.78 bits per heavy atom. The van der Waals surface area contributed by atoms with Gasteiger partial charge in [-0.1, -0.05) is 18.2 Å². The summed E-state index contributed by atoms with van der Waals surface area (Å²) >= 11 is 0. The van der Waals surface area contributed by atoms with E-state index < -0.39 is 9.84 Å². The lowest BCUT2D eigenvalue weighted by Gasteiger charge is -2.17. The summed E-state index contributed by atoms with van der Waals surface area (Å²) in [5.74, 6) is 0.673. The number of aryl methyl sites for hydroxylation is 1. The highest BCUT2D eigenvalue weighted by Crippen LogP contribution is 2.16. The molecule has 2 N–H and O–H groups in total. The van der Waals surface area contributed by atoms with Crippen LogP contribution in [-0.2, 0) is 21.1 Å². The molecule has 0 unspecified atom stereocenters. The van der Waals surface area contributed by atoms with Gasteiger partial charge in [-0.15, -0.1) is 0 Å². The molecule has 0 heterocycles. The Morgan fingerprint density at radius 1 is 1.11 bits per heavy atom. The van der Waals surface area contributed by atoms with E-state index in [2.05, 4.69) is 0 Å². The minimum atomic E-state index is -3.20. The van der Waals surface area contributed by atoms with Crippen LogP contribution in [0.1, 0.15) is 18.4 Å². The molecule has 0 bridgehead atoms. The normalized spacial score (nSPS) is 11.2. The van der Waals surface area contributed by atoms with Crippen molar-refractivity contribution in [2.45, 2.75) is 24.2 Å². The Balaban J connectivity index is 1.70. The van der Waals surface area contributed by atoms with Gasteiger partial charge in [0, 0.05) is 32.0 Å². The number of rotatable bonds is 9. The van der Waals surface area contributed by atoms with E-state index in [4.69, 9.17) is 10.5 Å². The van der Waals surface area contributed by atoms with Gasteiger partial charge in [0.1, 0.15) is 5.75 Å². The Morgan fingerprint density at radius 3 is 2.41 bits per heavy atom. The number of nitrogen functional groups attached to an aromatic ring is 1. The lowest BCUT2D eigenvalue weighted by Crippen LogP contribution is -2.28. The second-order valence-corrected chi connectivity index (χ2v) is 8.48. The molecular weight excluding hydrogens is 364 g/mol. The zero-order chi connectivity index (χ0) is 19.9. The van der Waals surface area contributed by atoms with Crippen molar-refractivity contribution in [2.24, 2.45) is 0 Å². The van der Waals surface area contributed by atoms with Gasteiger partial charge in [0.25, 0.3) is 0 Å². The molecule has 1 amide bonds. The number of sulfone groups is 1. The Bertz CT molecular complexity index is 864. The molecule has 2 aromatic carbocycles. The summed E-state index contributed by atoms with van der Waals surface area (Å²) in [6, 6.07) is 13.9. The van der Waals surface area contributed by atoms with E-state index in [1.165, 1.54) is 18.4 Å². The molecule has 27 heavy (non-hydrogen) atoms. The number of ether oxygens (including phenoxy) is 1. The van der Waals surface area contributed by atoms with Crippen molar-refractivity contribution in [1.29, 1.82) is 0 Å². The van der Waals surface area contributed by atoms with Crippen LogP contribution in [-0.4, -0.2) is 45.7 Å². The predicted molar refractivity (Wildman–Crippen MR) is 106 cm³/mol. The molecule has 0 radical (unpaired) electrons. The smallest absolute Gasteiger partial charge is 0.222 e. The summed E-state index contributed by atoms with van der Waals surface area (Å²) in [5, 5.41) is 0. The van der Waals surface area contributed by atoms with Crippen molar-refractivity contribution in [2.75, 3.05) is 32.2 Å². The molecule has 146 valence electrons. The van der Waals surface area contributed by atoms with Crippen LogP contribution >= 0.6 is 0 Å². The number of nitrogens with two attached hydrogens (primary N) is 1. The molecule has 6 nitrogen and oxygen atoms in total. The van der Waals surface area contributed by atoms with E-state index in [-0.39, 0.29) is 10.8 Å². The SMILES string of the molecule is CN(CCCOc1ccc(S(C)(=O)=O)cc1)C(=O)CCc1ccccc1N. The van der Waals surface area contributed by atoms with Gasteiger partial charge in [-0.25, -0.2) is 8.42 Å². The molecule has 0 fully saturated rings. The molecule has 0 aliphatic rings. The van der Waals surface area contributed by atoms with Gasteiger partial charge in [0.2, 0.25) is 5.91 Å². The molecule has 0 spiro atoms. The maximum atomic E-state index is 12.2. The van der Waals surface area contributed by atoms with E-state index in [1.54, 1.807) is 24.1 Å². The van der Waals surface area contributed by atoms with Gasteiger partial charge in [-0.2, -0.15) is 0 Å². The molecule has 2 rings (SSSR count). The van der Waals surface area contributed by atoms with Crippen molar-refractivity contribution in [3.63, 3.8) is 0 Å². The van der Waals surface area contributed by atoms with Crippen molar-refractivity contribution in [3.8, 4) is 5.75 Å². The quantitative estimate of drug-likeness (QED) is 0.525. The molecule has 0 saturated carbocycles. The highest BCUT2D eigenvalue weighted by Gasteiger charge is 2.10. The van der Waals surface area contributed by atoms with Crippen LogP contribution in [0.25, 0.3) is 0 Å². The minimum Gasteiger partial charge on any atom is -0.494 e. The first-order valence-electron chi connectivity index (χ1n) is 8.77. The van der Waals surface area contributed by atoms with Crippen LogP contribution in [0.3, 0.4) is 0 Å². The van der Waals surface area contributed by atoms with E-state index in [0.717, 1.165) is 5.56 Å². The maximum Gasteiger partial charge on any atom is 0.222 e. The van der Waals surface area contributed by atoms with Crippen molar-refractivity contribution in [3.05, 3.63) is 54.1 Å². The van der Waals surface area contributed by atoms with Crippen LogP contribution in [0.5, 0.6) is 5.75 Å². The van der Waals surface area contributed by atoms with E-state index in [0.29, 0.717) is 43.9 Å². The summed E-state index contributed by atoms with van der Waals surface area (Å²) in [6.07, 6.45) is 2.89. The second kappa shape index (κ2) is 9.41. The van der Waals surface area contributed by atoms with Crippen LogP contribution in [0.4, 0.5) is 5.69 Å². The fourth-order valence-corrected chi connectivity index (χ4v) is 3.22. The van der Waals surface area contributed by atoms with Crippen molar-refractivity contribution < 1.29 is 17.9 Å². The molecule has 7 heteroatoms. The summed E-state index contributed by atoms with van der Waals surface area (Å²) in [4.78, 5) is 14.2. The topological polar surface area (TPSA) is 89.7 Å². The third kappa shape index (κ3) is 6.60. The zero-order valence-electron chi connectivity index (χ0n) is 15.7. The standard InChI is InChI=1S/C20H26N2O4S/c1-22(20(23)13-8-16-6-3-4-7-19(16)21)14-5-15-26-17-9-11-18(12-10-17)27(2,24)25/h3-4,6-7,9-12H,5,8,13-15,21H2,1-2H3. The summed E-state index contributed by atoms with van der Waals surface area (Å²) in [7, 11) is -1.43. The fourth-order valence-electron chi connectivity index (χ4n) is 2.59. The first-order chi connectivity index (χ1) is 12.8. The minimum absolute atomic E-state index is 0.0655. The Kier molecular flexibility index (Phi) is 7.24. The van der Waals surface area contributed by atoms with Crippen molar-refractivity contribution >= 4 is 21.4 Å². The lowest BCUT2D eigenvalue weighted by atomic mass is 10.1. The number of hydrogen-bond donors (Lipinski definition) is 1. The highest BCUT2D eigenvalue weighted by molar-refractivity contribution is 7.90. The molecule has 0 atom stereocenters. The summed E-state index contributed by atoms with van der Waals surface area (Å²) < 4.78 is 28.4. The maximum absolute atomic E-state index is 12.2. The highest BCUT2D eigenvalue weighted by atomic mass is 32.2. The fraction of sp³-hybridized carbons (Fsp3) is 0.350. The average Bonchev–Trinajstić information content (AvgIpc) is 2.63. The van der Waals surface area contributed by atoms with Crippen molar-refractivity contribution in [1.82, 2.24) is 4.90 Å². The van der Waals surface area contributed by atoms with E-state index in [1.807, 2.05) is 24.3 Å². The number of benzene rings is 2. The Labute approximate surface area is 160 Å². The summed E-state index contributed by atoms with van der Waals surface area (Å²) in [6.45, 7) is 1.03. The largest absolute Gasteiger partial charge is 0.494 e. The molecule has 0 aromatic heterocycles. The lowest BCUT2D eigenvalue weighted by molar-refractivity contribution is -0.129. The van der Waals surface area contributed by atoms with Crippen LogP contribution in [0.15, 0.2) is 53.4 Å². The number of para-hydroxylation sites is 1. The third-order valence-corrected chi connectivity index (χ3v) is 5.38. The molecule has 0 aliphatic heterocycles. The van der Waals surface area contributed by atoms with Gasteiger partial charge in [-0.3, -0.25) is 4.79 Å². The van der Waals surface area contributed by atoms with Gasteiger partial charge >= 0.3 is 0 Å². The number of carbonyl (C=O) groups excluding carboxylic acids is 1. The number of hydrogen-bond acceptors (Lipinski definition) is 5. The molecule has 2 aromatic rings.